The van der Waals surface area contributed by atoms with Gasteiger partial charge >= 0.3 is 0 Å². The average molecular weight is 389 g/mol. The van der Waals surface area contributed by atoms with Crippen LogP contribution in [0.25, 0.3) is 0 Å². The number of aliphatic hydroxyl groups excluding tert-OH is 1. The highest BCUT2D eigenvalue weighted by atomic mass is 16.5. The number of β-amino-alcohol motifs (C(OH)–C–C–N with tert-alkyl or cyclic N) is 1. The third kappa shape index (κ3) is 4.11. The van der Waals surface area contributed by atoms with Crippen LogP contribution in [0, 0.1) is 0 Å². The first-order chi connectivity index (χ1) is 13.7. The van der Waals surface area contributed by atoms with E-state index in [1.807, 2.05) is 23.1 Å². The fourth-order valence-corrected chi connectivity index (χ4v) is 4.70. The van der Waals surface area contributed by atoms with Crippen molar-refractivity contribution in [2.75, 3.05) is 57.9 Å². The molecule has 7 heteroatoms. The van der Waals surface area contributed by atoms with Gasteiger partial charge < -0.3 is 24.4 Å². The maximum Gasteiger partial charge on any atom is 0.240 e. The van der Waals surface area contributed by atoms with E-state index in [0.29, 0.717) is 32.1 Å². The Morgan fingerprint density at radius 2 is 1.93 bits per heavy atom. The number of carbonyl (C=O) groups is 1. The zero-order chi connectivity index (χ0) is 19.5. The Labute approximate surface area is 166 Å². The van der Waals surface area contributed by atoms with E-state index in [-0.39, 0.29) is 11.9 Å². The summed E-state index contributed by atoms with van der Waals surface area (Å²) in [6, 6.07) is 8.22. The third-order valence-electron chi connectivity index (χ3n) is 6.27. The Bertz CT molecular complexity index is 671. The van der Waals surface area contributed by atoms with E-state index in [4.69, 9.17) is 9.47 Å². The number of nitrogens with zero attached hydrogens (tertiary/aromatic N) is 3. The Kier molecular flexibility index (Phi) is 6.04. The van der Waals surface area contributed by atoms with Crippen LogP contribution in [0.2, 0.25) is 0 Å². The Hall–Kier alpha value is -1.83. The van der Waals surface area contributed by atoms with Crippen LogP contribution in [0.15, 0.2) is 24.3 Å². The van der Waals surface area contributed by atoms with Crippen molar-refractivity contribution in [2.24, 2.45) is 0 Å². The predicted octanol–water partition coefficient (Wildman–Crippen LogP) is 0.958. The van der Waals surface area contributed by atoms with Gasteiger partial charge in [0.2, 0.25) is 5.91 Å². The summed E-state index contributed by atoms with van der Waals surface area (Å²) in [6.07, 6.45) is 2.03. The minimum Gasteiger partial charge on any atom is -0.497 e. The molecule has 1 aromatic carbocycles. The van der Waals surface area contributed by atoms with E-state index < -0.39 is 6.10 Å². The van der Waals surface area contributed by atoms with Gasteiger partial charge in [0, 0.05) is 63.7 Å². The summed E-state index contributed by atoms with van der Waals surface area (Å²) >= 11 is 0. The number of hydrogen-bond acceptors (Lipinski definition) is 6. The van der Waals surface area contributed by atoms with Gasteiger partial charge in [-0.2, -0.15) is 0 Å². The molecule has 0 radical (unpaired) electrons. The predicted molar refractivity (Wildman–Crippen MR) is 107 cm³/mol. The van der Waals surface area contributed by atoms with Crippen LogP contribution in [-0.4, -0.2) is 92.0 Å². The van der Waals surface area contributed by atoms with Gasteiger partial charge in [0.1, 0.15) is 5.75 Å². The van der Waals surface area contributed by atoms with Crippen LogP contribution >= 0.6 is 0 Å². The molecular weight excluding hydrogens is 358 g/mol. The molecule has 2 atom stereocenters. The molecule has 4 rings (SSSR count). The van der Waals surface area contributed by atoms with Crippen LogP contribution in [0.3, 0.4) is 0 Å². The molecule has 28 heavy (non-hydrogen) atoms. The second-order valence-electron chi connectivity index (χ2n) is 7.96. The lowest BCUT2D eigenvalue weighted by Gasteiger charge is -2.40. The molecule has 3 saturated heterocycles. The van der Waals surface area contributed by atoms with E-state index in [1.165, 1.54) is 0 Å². The van der Waals surface area contributed by atoms with Crippen LogP contribution in [0.5, 0.6) is 5.75 Å². The van der Waals surface area contributed by atoms with Crippen molar-refractivity contribution < 1.29 is 19.4 Å². The van der Waals surface area contributed by atoms with Crippen LogP contribution in [0.1, 0.15) is 19.3 Å². The lowest BCUT2D eigenvalue weighted by molar-refractivity contribution is -0.137. The minimum absolute atomic E-state index is 0.174. The summed E-state index contributed by atoms with van der Waals surface area (Å²) in [7, 11) is 1.68. The fraction of sp³-hybridized carbons (Fsp3) is 0.667. The molecule has 0 saturated carbocycles. The van der Waals surface area contributed by atoms with Gasteiger partial charge in [-0.3, -0.25) is 9.69 Å². The maximum absolute atomic E-state index is 13.2. The van der Waals surface area contributed by atoms with Gasteiger partial charge in [-0.25, -0.2) is 0 Å². The number of methoxy groups -OCH3 is 1. The lowest BCUT2D eigenvalue weighted by atomic mass is 10.0. The van der Waals surface area contributed by atoms with Crippen molar-refractivity contribution in [1.29, 1.82) is 0 Å². The standard InChI is InChI=1S/C21H31N3O4/c1-27-19-4-2-3-17(13-19)22-7-9-23(10-8-22)21(26)20-14-18(25)15-24(20)16-5-11-28-12-6-16/h2-4,13,16,18,20,25H,5-12,14-15H2,1H3/t18-,20+/m1/s1. The number of carbonyl (C=O) groups excluding carboxylic acids is 1. The van der Waals surface area contributed by atoms with E-state index in [1.54, 1.807) is 7.11 Å². The van der Waals surface area contributed by atoms with Gasteiger partial charge in [0.15, 0.2) is 0 Å². The fourth-order valence-electron chi connectivity index (χ4n) is 4.70. The molecule has 3 aliphatic heterocycles. The normalized spacial score (nSPS) is 27.2. The third-order valence-corrected chi connectivity index (χ3v) is 6.27. The molecule has 3 fully saturated rings. The molecule has 1 amide bonds. The summed E-state index contributed by atoms with van der Waals surface area (Å²) in [5.41, 5.74) is 1.13. The highest BCUT2D eigenvalue weighted by Crippen LogP contribution is 2.28. The first-order valence-electron chi connectivity index (χ1n) is 10.3. The van der Waals surface area contributed by atoms with Gasteiger partial charge in [0.25, 0.3) is 0 Å². The number of likely N-dealkylation sites (tertiary alicyclic amines) is 1. The number of benzene rings is 1. The Balaban J connectivity index is 1.37. The highest BCUT2D eigenvalue weighted by molar-refractivity contribution is 5.82. The number of rotatable bonds is 4. The number of hydrogen-bond donors (Lipinski definition) is 1. The average Bonchev–Trinajstić information content (AvgIpc) is 3.15. The molecule has 3 aliphatic rings. The second kappa shape index (κ2) is 8.68. The van der Waals surface area contributed by atoms with Gasteiger partial charge in [0.05, 0.1) is 19.3 Å². The number of amides is 1. The number of aliphatic hydroxyl groups is 1. The molecule has 7 nitrogen and oxygen atoms in total. The molecule has 0 aliphatic carbocycles. The molecule has 0 bridgehead atoms. The van der Waals surface area contributed by atoms with Crippen molar-refractivity contribution in [3.63, 3.8) is 0 Å². The van der Waals surface area contributed by atoms with Crippen LogP contribution in [-0.2, 0) is 9.53 Å². The lowest BCUT2D eigenvalue weighted by Crippen LogP contribution is -2.55. The SMILES string of the molecule is COc1cccc(N2CCN(C(=O)[C@@H]3C[C@@H](O)CN3C3CCOCC3)CC2)c1. The molecule has 154 valence electrons. The maximum atomic E-state index is 13.2. The monoisotopic (exact) mass is 389 g/mol. The van der Waals surface area contributed by atoms with Crippen molar-refractivity contribution in [3.05, 3.63) is 24.3 Å². The Morgan fingerprint density at radius 3 is 2.64 bits per heavy atom. The summed E-state index contributed by atoms with van der Waals surface area (Å²) in [5, 5.41) is 10.2. The minimum atomic E-state index is -0.408. The summed E-state index contributed by atoms with van der Waals surface area (Å²) in [5.74, 6) is 1.02. The molecule has 0 aromatic heterocycles. The largest absolute Gasteiger partial charge is 0.497 e. The summed E-state index contributed by atoms with van der Waals surface area (Å²) in [6.45, 7) is 5.14. The number of anilines is 1. The van der Waals surface area contributed by atoms with Crippen molar-refractivity contribution >= 4 is 11.6 Å². The van der Waals surface area contributed by atoms with Crippen molar-refractivity contribution in [1.82, 2.24) is 9.80 Å². The van der Waals surface area contributed by atoms with E-state index >= 15 is 0 Å². The molecule has 1 N–H and O–H groups in total. The van der Waals surface area contributed by atoms with E-state index in [9.17, 15) is 9.90 Å². The van der Waals surface area contributed by atoms with Crippen molar-refractivity contribution in [2.45, 2.75) is 37.5 Å². The zero-order valence-corrected chi connectivity index (χ0v) is 16.6. The highest BCUT2D eigenvalue weighted by Gasteiger charge is 2.42. The van der Waals surface area contributed by atoms with Crippen LogP contribution < -0.4 is 9.64 Å². The number of piperazine rings is 1. The summed E-state index contributed by atoms with van der Waals surface area (Å²) in [4.78, 5) is 19.8. The van der Waals surface area contributed by atoms with Crippen molar-refractivity contribution in [3.8, 4) is 5.75 Å². The first kappa shape index (κ1) is 19.5. The molecule has 1 aromatic rings. The number of ether oxygens (including phenoxy) is 2. The first-order valence-corrected chi connectivity index (χ1v) is 10.3. The van der Waals surface area contributed by atoms with E-state index in [2.05, 4.69) is 15.9 Å². The Morgan fingerprint density at radius 1 is 1.18 bits per heavy atom. The quantitative estimate of drug-likeness (QED) is 0.828. The zero-order valence-electron chi connectivity index (χ0n) is 16.6. The molecule has 0 unspecified atom stereocenters. The topological polar surface area (TPSA) is 65.5 Å². The van der Waals surface area contributed by atoms with E-state index in [0.717, 1.165) is 50.6 Å². The van der Waals surface area contributed by atoms with Gasteiger partial charge in [-0.05, 0) is 31.4 Å². The molecular formula is C21H31N3O4. The second-order valence-corrected chi connectivity index (χ2v) is 7.96. The molecule has 0 spiro atoms. The molecule has 3 heterocycles. The van der Waals surface area contributed by atoms with Crippen LogP contribution in [0.4, 0.5) is 5.69 Å². The smallest absolute Gasteiger partial charge is 0.240 e. The van der Waals surface area contributed by atoms with Gasteiger partial charge in [-0.15, -0.1) is 0 Å². The summed E-state index contributed by atoms with van der Waals surface area (Å²) < 4.78 is 10.8. The van der Waals surface area contributed by atoms with Gasteiger partial charge in [-0.1, -0.05) is 6.07 Å².